The van der Waals surface area contributed by atoms with Gasteiger partial charge in [0.25, 0.3) is 5.91 Å². The molecule has 9 heteroatoms. The lowest BCUT2D eigenvalue weighted by Crippen LogP contribution is -2.46. The molecular formula is C22H27N3O6. The molecule has 1 aliphatic rings. The lowest BCUT2D eigenvalue weighted by atomic mass is 10.1. The summed E-state index contributed by atoms with van der Waals surface area (Å²) in [5.74, 6) is -0.529. The number of amides is 2. The minimum atomic E-state index is -1.15. The number of ether oxygens (including phenoxy) is 2. The average Bonchev–Trinajstić information content (AvgIpc) is 2.78. The number of hydrogen-bond acceptors (Lipinski definition) is 7. The first kappa shape index (κ1) is 22.5. The third-order valence-corrected chi connectivity index (χ3v) is 4.91. The highest BCUT2D eigenvalue weighted by atomic mass is 16.5. The molecule has 2 aromatic rings. The van der Waals surface area contributed by atoms with Crippen LogP contribution in [-0.4, -0.2) is 73.0 Å². The summed E-state index contributed by atoms with van der Waals surface area (Å²) in [6.45, 7) is 2.83. The number of phenolic OH excluding ortho intramolecular Hbond substituents is 1. The van der Waals surface area contributed by atoms with Gasteiger partial charge in [-0.1, -0.05) is 0 Å². The molecule has 1 fully saturated rings. The number of hydrogen-bond donors (Lipinski definition) is 4. The molecule has 0 aliphatic carbocycles. The maximum absolute atomic E-state index is 12.7. The van der Waals surface area contributed by atoms with E-state index < -0.39 is 24.5 Å². The fourth-order valence-corrected chi connectivity index (χ4v) is 3.25. The standard InChI is InChI=1S/C22H27N3O6/c1-30-19-4-2-17(3-5-19)23-22(29)20(14-26)24-21(28)16-10-15(11-18(27)12-16)13-25-6-8-31-9-7-25/h2-5,10-12,20,26-27H,6-9,13-14H2,1H3,(H,23,29)(H,24,28). The van der Waals surface area contributed by atoms with Crippen molar-refractivity contribution in [2.24, 2.45) is 0 Å². The second-order valence-electron chi connectivity index (χ2n) is 7.20. The van der Waals surface area contributed by atoms with Gasteiger partial charge in [0.15, 0.2) is 0 Å². The van der Waals surface area contributed by atoms with Gasteiger partial charge in [-0.3, -0.25) is 14.5 Å². The molecule has 0 spiro atoms. The second kappa shape index (κ2) is 10.8. The number of nitrogens with one attached hydrogen (secondary N) is 2. The molecule has 0 bridgehead atoms. The summed E-state index contributed by atoms with van der Waals surface area (Å²) in [5, 5.41) is 24.8. The number of nitrogens with zero attached hydrogens (tertiary/aromatic N) is 1. The summed E-state index contributed by atoms with van der Waals surface area (Å²) < 4.78 is 10.4. The van der Waals surface area contributed by atoms with E-state index >= 15 is 0 Å². The smallest absolute Gasteiger partial charge is 0.252 e. The van der Waals surface area contributed by atoms with Crippen LogP contribution in [0, 0.1) is 0 Å². The van der Waals surface area contributed by atoms with Crippen LogP contribution in [0.5, 0.6) is 11.5 Å². The number of rotatable bonds is 8. The predicted molar refractivity (Wildman–Crippen MR) is 114 cm³/mol. The molecule has 9 nitrogen and oxygen atoms in total. The fraction of sp³-hybridized carbons (Fsp3) is 0.364. The van der Waals surface area contributed by atoms with Crippen molar-refractivity contribution in [2.45, 2.75) is 12.6 Å². The van der Waals surface area contributed by atoms with Crippen LogP contribution < -0.4 is 15.4 Å². The van der Waals surface area contributed by atoms with Gasteiger partial charge in [0.1, 0.15) is 17.5 Å². The average molecular weight is 429 g/mol. The maximum atomic E-state index is 12.7. The van der Waals surface area contributed by atoms with Crippen molar-refractivity contribution >= 4 is 17.5 Å². The van der Waals surface area contributed by atoms with Gasteiger partial charge in [-0.25, -0.2) is 0 Å². The van der Waals surface area contributed by atoms with E-state index in [2.05, 4.69) is 15.5 Å². The number of carbonyl (C=O) groups excluding carboxylic acids is 2. The van der Waals surface area contributed by atoms with E-state index in [1.807, 2.05) is 0 Å². The van der Waals surface area contributed by atoms with Crippen molar-refractivity contribution in [3.63, 3.8) is 0 Å². The van der Waals surface area contributed by atoms with Crippen LogP contribution in [0.2, 0.25) is 0 Å². The minimum Gasteiger partial charge on any atom is -0.508 e. The van der Waals surface area contributed by atoms with Gasteiger partial charge in [-0.2, -0.15) is 0 Å². The van der Waals surface area contributed by atoms with Crippen molar-refractivity contribution in [1.82, 2.24) is 10.2 Å². The number of benzene rings is 2. The predicted octanol–water partition coefficient (Wildman–Crippen LogP) is 0.962. The topological polar surface area (TPSA) is 120 Å². The van der Waals surface area contributed by atoms with E-state index in [1.54, 1.807) is 43.5 Å². The van der Waals surface area contributed by atoms with Gasteiger partial charge < -0.3 is 30.3 Å². The molecule has 1 aliphatic heterocycles. The number of phenols is 1. The molecule has 2 amide bonds. The Morgan fingerprint density at radius 3 is 2.52 bits per heavy atom. The van der Waals surface area contributed by atoms with Gasteiger partial charge in [-0.05, 0) is 48.0 Å². The highest BCUT2D eigenvalue weighted by Gasteiger charge is 2.22. The van der Waals surface area contributed by atoms with Crippen LogP contribution in [0.1, 0.15) is 15.9 Å². The van der Waals surface area contributed by atoms with Crippen LogP contribution in [-0.2, 0) is 16.1 Å². The molecule has 0 saturated carbocycles. The molecule has 2 aromatic carbocycles. The molecule has 1 saturated heterocycles. The first-order valence-electron chi connectivity index (χ1n) is 9.98. The van der Waals surface area contributed by atoms with Crippen LogP contribution in [0.3, 0.4) is 0 Å². The maximum Gasteiger partial charge on any atom is 0.252 e. The summed E-state index contributed by atoms with van der Waals surface area (Å²) in [7, 11) is 1.54. The number of carbonyl (C=O) groups is 2. The van der Waals surface area contributed by atoms with E-state index in [4.69, 9.17) is 9.47 Å². The van der Waals surface area contributed by atoms with Gasteiger partial charge in [0.05, 0.1) is 26.9 Å². The van der Waals surface area contributed by atoms with Gasteiger partial charge >= 0.3 is 0 Å². The largest absolute Gasteiger partial charge is 0.508 e. The zero-order chi connectivity index (χ0) is 22.2. The molecule has 4 N–H and O–H groups in total. The SMILES string of the molecule is COc1ccc(NC(=O)C(CO)NC(=O)c2cc(O)cc(CN3CCOCC3)c2)cc1. The van der Waals surface area contributed by atoms with Gasteiger partial charge in [0, 0.05) is 30.9 Å². The van der Waals surface area contributed by atoms with Crippen molar-refractivity contribution < 1.29 is 29.3 Å². The van der Waals surface area contributed by atoms with Crippen molar-refractivity contribution in [1.29, 1.82) is 0 Å². The zero-order valence-electron chi connectivity index (χ0n) is 17.3. The Bertz CT molecular complexity index is 897. The number of aliphatic hydroxyl groups excluding tert-OH is 1. The second-order valence-corrected chi connectivity index (χ2v) is 7.20. The molecule has 1 atom stereocenters. The van der Waals surface area contributed by atoms with Gasteiger partial charge in [-0.15, -0.1) is 0 Å². The fourth-order valence-electron chi connectivity index (χ4n) is 3.25. The summed E-state index contributed by atoms with van der Waals surface area (Å²) in [6.07, 6.45) is 0. The summed E-state index contributed by atoms with van der Waals surface area (Å²) in [5.41, 5.74) is 1.48. The lowest BCUT2D eigenvalue weighted by Gasteiger charge is -2.26. The monoisotopic (exact) mass is 429 g/mol. The molecule has 0 aromatic heterocycles. The van der Waals surface area contributed by atoms with Crippen molar-refractivity contribution in [2.75, 3.05) is 45.3 Å². The van der Waals surface area contributed by atoms with Crippen LogP contribution >= 0.6 is 0 Å². The highest BCUT2D eigenvalue weighted by Crippen LogP contribution is 2.19. The Balaban J connectivity index is 1.64. The van der Waals surface area contributed by atoms with E-state index in [0.717, 1.165) is 18.7 Å². The van der Waals surface area contributed by atoms with E-state index in [1.165, 1.54) is 6.07 Å². The zero-order valence-corrected chi connectivity index (χ0v) is 17.3. The first-order valence-corrected chi connectivity index (χ1v) is 9.98. The molecule has 31 heavy (non-hydrogen) atoms. The van der Waals surface area contributed by atoms with Gasteiger partial charge in [0.2, 0.25) is 5.91 Å². The van der Waals surface area contributed by atoms with Crippen LogP contribution in [0.25, 0.3) is 0 Å². The molecule has 166 valence electrons. The summed E-state index contributed by atoms with van der Waals surface area (Å²) in [4.78, 5) is 27.3. The third kappa shape index (κ3) is 6.42. The number of anilines is 1. The summed E-state index contributed by atoms with van der Waals surface area (Å²) >= 11 is 0. The van der Waals surface area contributed by atoms with Crippen molar-refractivity contribution in [3.05, 3.63) is 53.6 Å². The molecule has 1 unspecified atom stereocenters. The summed E-state index contributed by atoms with van der Waals surface area (Å²) in [6, 6.07) is 10.1. The Morgan fingerprint density at radius 1 is 1.16 bits per heavy atom. The Morgan fingerprint density at radius 2 is 1.87 bits per heavy atom. The number of aliphatic hydroxyl groups is 1. The number of methoxy groups -OCH3 is 1. The third-order valence-electron chi connectivity index (χ3n) is 4.91. The Kier molecular flexibility index (Phi) is 7.82. The van der Waals surface area contributed by atoms with Crippen molar-refractivity contribution in [3.8, 4) is 11.5 Å². The quantitative estimate of drug-likeness (QED) is 0.493. The lowest BCUT2D eigenvalue weighted by molar-refractivity contribution is -0.118. The highest BCUT2D eigenvalue weighted by molar-refractivity contribution is 6.01. The molecule has 0 radical (unpaired) electrons. The van der Waals surface area contributed by atoms with Crippen LogP contribution in [0.15, 0.2) is 42.5 Å². The Labute approximate surface area is 180 Å². The molecular weight excluding hydrogens is 402 g/mol. The first-order chi connectivity index (χ1) is 15.0. The Hall–Kier alpha value is -3.14. The molecule has 3 rings (SSSR count). The van der Waals surface area contributed by atoms with E-state index in [-0.39, 0.29) is 11.3 Å². The van der Waals surface area contributed by atoms with E-state index in [9.17, 15) is 19.8 Å². The number of aromatic hydroxyl groups is 1. The molecule has 1 heterocycles. The van der Waals surface area contributed by atoms with E-state index in [0.29, 0.717) is 31.2 Å². The van der Waals surface area contributed by atoms with Crippen LogP contribution in [0.4, 0.5) is 5.69 Å². The normalized spacial score (nSPS) is 15.2. The minimum absolute atomic E-state index is 0.0425. The number of morpholine rings is 1.